The fraction of sp³-hybridized carbons (Fsp3) is 0.472. The molecule has 8 heteroatoms. The minimum absolute atomic E-state index is 0.0830. The summed E-state index contributed by atoms with van der Waals surface area (Å²) in [5, 5.41) is 13.6. The molecule has 0 saturated heterocycles. The van der Waals surface area contributed by atoms with E-state index in [0.29, 0.717) is 5.56 Å². The van der Waals surface area contributed by atoms with Gasteiger partial charge in [-0.05, 0) is 53.3 Å². The fourth-order valence-corrected chi connectivity index (χ4v) is 5.17. The van der Waals surface area contributed by atoms with Crippen LogP contribution in [-0.4, -0.2) is 53.7 Å². The van der Waals surface area contributed by atoms with Gasteiger partial charge in [0.1, 0.15) is 0 Å². The molecule has 1 aliphatic heterocycles. The third-order valence-electron chi connectivity index (χ3n) is 7.70. The number of carbonyl (C=O) groups excluding carboxylic acids is 1. The van der Waals surface area contributed by atoms with Crippen LogP contribution in [0.2, 0.25) is 0 Å². The average molecular weight is 598 g/mol. The van der Waals surface area contributed by atoms with Gasteiger partial charge >= 0.3 is 11.8 Å². The number of aliphatic imine (C=N–C) groups is 1. The molecular formula is C36H47N5O3. The number of rotatable bonds is 20. The highest BCUT2D eigenvalue weighted by atomic mass is 16.4. The molecule has 0 unspecified atom stereocenters. The quantitative estimate of drug-likeness (QED) is 0.0717. The standard InChI is InChI=1S/C36H47N5O3/c1-4-6-8-10-12-14-24-40(25-15-13-11-9-7-5-2)32-22-18-30(19-23-32)27-38-31-20-16-29(17-21-31)26-33-35(37-3)39-41(36(33)44)28-34(42)43/h16-23,26-27H,4-15,24-25,28H2,1-2H3,(H,42,43)/b33-26-,38-27+. The van der Waals surface area contributed by atoms with Crippen molar-refractivity contribution < 1.29 is 14.7 Å². The van der Waals surface area contributed by atoms with Crippen LogP contribution in [0, 0.1) is 6.57 Å². The molecule has 0 radical (unpaired) electrons. The lowest BCUT2D eigenvalue weighted by molar-refractivity contribution is -0.142. The summed E-state index contributed by atoms with van der Waals surface area (Å²) in [6, 6.07) is 15.9. The molecule has 0 aliphatic carbocycles. The van der Waals surface area contributed by atoms with Crippen molar-refractivity contribution in [1.29, 1.82) is 0 Å². The molecule has 2 aromatic carbocycles. The molecule has 44 heavy (non-hydrogen) atoms. The molecule has 8 nitrogen and oxygen atoms in total. The number of aliphatic carboxylic acids is 1. The zero-order chi connectivity index (χ0) is 31.6. The van der Waals surface area contributed by atoms with E-state index in [2.05, 4.69) is 58.0 Å². The van der Waals surface area contributed by atoms with Crippen molar-refractivity contribution in [2.45, 2.75) is 90.9 Å². The summed E-state index contributed by atoms with van der Waals surface area (Å²) in [4.78, 5) is 33.9. The molecule has 1 amide bonds. The number of unbranched alkanes of at least 4 members (excludes halogenated alkanes) is 10. The summed E-state index contributed by atoms with van der Waals surface area (Å²) in [6.45, 7) is 13.4. The molecule has 0 fully saturated rings. The maximum absolute atomic E-state index is 12.5. The second kappa shape index (κ2) is 19.1. The highest BCUT2D eigenvalue weighted by molar-refractivity contribution is 6.30. The summed E-state index contributed by atoms with van der Waals surface area (Å²) in [5.74, 6) is -1.90. The van der Waals surface area contributed by atoms with Gasteiger partial charge in [-0.3, -0.25) is 14.6 Å². The van der Waals surface area contributed by atoms with Gasteiger partial charge in [0.25, 0.3) is 5.91 Å². The molecule has 0 aromatic heterocycles. The molecule has 3 rings (SSSR count). The highest BCUT2D eigenvalue weighted by Gasteiger charge is 2.34. The van der Waals surface area contributed by atoms with E-state index in [-0.39, 0.29) is 11.4 Å². The SMILES string of the molecule is [C-]#[N+]C1=NN(CC(=O)O)C(=O)/C1=C\c1ccc(/N=C/c2ccc(N(CCCCCCCC)CCCCCCCC)cc2)cc1. The topological polar surface area (TPSA) is 89.9 Å². The Hall–Kier alpha value is -4.25. The number of anilines is 1. The van der Waals surface area contributed by atoms with Crippen molar-refractivity contribution in [1.82, 2.24) is 5.01 Å². The van der Waals surface area contributed by atoms with Gasteiger partial charge in [0.15, 0.2) is 6.54 Å². The van der Waals surface area contributed by atoms with Gasteiger partial charge in [0, 0.05) is 25.0 Å². The molecule has 0 spiro atoms. The number of hydrogen-bond acceptors (Lipinski definition) is 5. The summed E-state index contributed by atoms with van der Waals surface area (Å²) in [6.07, 6.45) is 19.0. The van der Waals surface area contributed by atoms with E-state index in [0.717, 1.165) is 29.3 Å². The lowest BCUT2D eigenvalue weighted by Crippen LogP contribution is -2.28. The lowest BCUT2D eigenvalue weighted by Gasteiger charge is -2.25. The Morgan fingerprint density at radius 2 is 1.41 bits per heavy atom. The van der Waals surface area contributed by atoms with Crippen LogP contribution < -0.4 is 4.90 Å². The van der Waals surface area contributed by atoms with Crippen LogP contribution >= 0.6 is 0 Å². The van der Waals surface area contributed by atoms with E-state index < -0.39 is 18.4 Å². The zero-order valence-electron chi connectivity index (χ0n) is 26.4. The lowest BCUT2D eigenvalue weighted by atomic mass is 10.1. The number of carboxylic acids is 1. The second-order valence-corrected chi connectivity index (χ2v) is 11.3. The molecule has 0 atom stereocenters. The van der Waals surface area contributed by atoms with Gasteiger partial charge in [-0.15, -0.1) is 5.01 Å². The largest absolute Gasteiger partial charge is 0.480 e. The number of carbonyl (C=O) groups is 2. The first-order valence-electron chi connectivity index (χ1n) is 16.2. The van der Waals surface area contributed by atoms with Gasteiger partial charge in [-0.2, -0.15) is 0 Å². The van der Waals surface area contributed by atoms with Crippen LogP contribution in [0.3, 0.4) is 0 Å². The Balaban J connectivity index is 1.59. The van der Waals surface area contributed by atoms with E-state index in [9.17, 15) is 9.59 Å². The Kier molecular flexibility index (Phi) is 14.9. The van der Waals surface area contributed by atoms with E-state index >= 15 is 0 Å². The van der Waals surface area contributed by atoms with E-state index in [1.807, 2.05) is 18.3 Å². The maximum atomic E-state index is 12.5. The number of hydrogen-bond donors (Lipinski definition) is 1. The van der Waals surface area contributed by atoms with Crippen LogP contribution in [0.1, 0.15) is 102 Å². The van der Waals surface area contributed by atoms with Crippen LogP contribution in [0.5, 0.6) is 0 Å². The van der Waals surface area contributed by atoms with Crippen LogP contribution in [0.4, 0.5) is 11.4 Å². The van der Waals surface area contributed by atoms with Gasteiger partial charge in [0.2, 0.25) is 0 Å². The van der Waals surface area contributed by atoms with Crippen LogP contribution in [0.15, 0.2) is 64.2 Å². The zero-order valence-corrected chi connectivity index (χ0v) is 26.4. The minimum Gasteiger partial charge on any atom is -0.480 e. The van der Waals surface area contributed by atoms with E-state index in [1.165, 1.54) is 82.7 Å². The van der Waals surface area contributed by atoms with Gasteiger partial charge in [0.05, 0.1) is 11.3 Å². The number of nitrogens with zero attached hydrogens (tertiary/aromatic N) is 5. The highest BCUT2D eigenvalue weighted by Crippen LogP contribution is 2.22. The Morgan fingerprint density at radius 1 is 0.864 bits per heavy atom. The first kappa shape index (κ1) is 34.2. The van der Waals surface area contributed by atoms with Crippen molar-refractivity contribution in [3.8, 4) is 0 Å². The molecule has 1 aliphatic rings. The summed E-state index contributed by atoms with van der Waals surface area (Å²) in [7, 11) is 0. The Labute approximate surface area is 263 Å². The smallest absolute Gasteiger partial charge is 0.327 e. The van der Waals surface area contributed by atoms with Gasteiger partial charge in [-0.25, -0.2) is 0 Å². The van der Waals surface area contributed by atoms with Crippen LogP contribution in [0.25, 0.3) is 10.9 Å². The molecule has 1 heterocycles. The normalized spacial score (nSPS) is 13.9. The number of amides is 1. The van der Waals surface area contributed by atoms with Crippen molar-refractivity contribution in [2.75, 3.05) is 24.5 Å². The molecule has 0 saturated carbocycles. The molecule has 2 aromatic rings. The number of carboxylic acid groups (broad SMARTS) is 1. The van der Waals surface area contributed by atoms with Crippen molar-refractivity contribution in [2.24, 2.45) is 10.1 Å². The Morgan fingerprint density at radius 3 is 1.95 bits per heavy atom. The minimum atomic E-state index is -1.19. The van der Waals surface area contributed by atoms with E-state index in [4.69, 9.17) is 11.7 Å². The van der Waals surface area contributed by atoms with Gasteiger partial charge in [-0.1, -0.05) is 115 Å². The second-order valence-electron chi connectivity index (χ2n) is 11.3. The molecule has 1 N–H and O–H groups in total. The third-order valence-corrected chi connectivity index (χ3v) is 7.70. The first-order valence-corrected chi connectivity index (χ1v) is 16.2. The van der Waals surface area contributed by atoms with Crippen molar-refractivity contribution in [3.63, 3.8) is 0 Å². The molecular weight excluding hydrogens is 550 g/mol. The summed E-state index contributed by atoms with van der Waals surface area (Å²) < 4.78 is 0. The first-order chi connectivity index (χ1) is 21.4. The molecule has 0 bridgehead atoms. The van der Waals surface area contributed by atoms with E-state index in [1.54, 1.807) is 18.2 Å². The summed E-state index contributed by atoms with van der Waals surface area (Å²) in [5.41, 5.74) is 3.83. The monoisotopic (exact) mass is 597 g/mol. The van der Waals surface area contributed by atoms with Crippen LogP contribution in [-0.2, 0) is 9.59 Å². The van der Waals surface area contributed by atoms with Gasteiger partial charge < -0.3 is 14.9 Å². The third kappa shape index (κ3) is 11.4. The van der Waals surface area contributed by atoms with Crippen molar-refractivity contribution in [3.05, 3.63) is 76.6 Å². The average Bonchev–Trinajstić information content (AvgIpc) is 3.32. The number of benzene rings is 2. The van der Waals surface area contributed by atoms with Crippen molar-refractivity contribution >= 4 is 41.4 Å². The summed E-state index contributed by atoms with van der Waals surface area (Å²) >= 11 is 0. The number of hydrazone groups is 1. The Bertz CT molecular complexity index is 1310. The predicted molar refractivity (Wildman–Crippen MR) is 180 cm³/mol. The fourth-order valence-electron chi connectivity index (χ4n) is 5.17. The maximum Gasteiger partial charge on any atom is 0.327 e. The number of amidine groups is 1. The molecule has 234 valence electrons. The predicted octanol–water partition coefficient (Wildman–Crippen LogP) is 8.51.